The van der Waals surface area contributed by atoms with Gasteiger partial charge in [-0.25, -0.2) is 12.8 Å². The molecule has 4 rings (SSSR count). The number of benzene rings is 4. The number of anilines is 1. The lowest BCUT2D eigenvalue weighted by Crippen LogP contribution is -2.53. The van der Waals surface area contributed by atoms with E-state index in [1.165, 1.54) is 23.1 Å². The van der Waals surface area contributed by atoms with E-state index in [0.717, 1.165) is 15.4 Å². The van der Waals surface area contributed by atoms with Crippen LogP contribution in [0.3, 0.4) is 0 Å². The Morgan fingerprint density at radius 3 is 2.05 bits per heavy atom. The van der Waals surface area contributed by atoms with Crippen LogP contribution in [0.2, 0.25) is 0 Å². The van der Waals surface area contributed by atoms with Gasteiger partial charge in [0.15, 0.2) is 0 Å². The minimum absolute atomic E-state index is 0.0231. The van der Waals surface area contributed by atoms with E-state index in [1.54, 1.807) is 67.6 Å². The van der Waals surface area contributed by atoms with Gasteiger partial charge in [0.25, 0.3) is 10.0 Å². The zero-order valence-electron chi connectivity index (χ0n) is 23.6. The number of para-hydroxylation sites is 1. The lowest BCUT2D eigenvalue weighted by molar-refractivity contribution is -0.140. The molecule has 0 aliphatic rings. The summed E-state index contributed by atoms with van der Waals surface area (Å²) in [5, 5.41) is 2.79. The Morgan fingerprint density at radius 2 is 1.43 bits per heavy atom. The van der Waals surface area contributed by atoms with Crippen molar-refractivity contribution in [3.8, 4) is 0 Å². The molecule has 0 aliphatic carbocycles. The van der Waals surface area contributed by atoms with Gasteiger partial charge in [-0.2, -0.15) is 0 Å². The molecule has 1 N–H and O–H groups in total. The summed E-state index contributed by atoms with van der Waals surface area (Å²) in [6, 6.07) is 28.9. The number of amides is 2. The molecule has 1 atom stereocenters. The van der Waals surface area contributed by atoms with Gasteiger partial charge in [0.05, 0.1) is 10.6 Å². The lowest BCUT2D eigenvalue weighted by atomic mass is 10.0. The molecule has 0 radical (unpaired) electrons. The molecule has 218 valence electrons. The number of sulfonamides is 1. The van der Waals surface area contributed by atoms with Crippen LogP contribution in [-0.4, -0.2) is 44.3 Å². The zero-order valence-corrected chi connectivity index (χ0v) is 24.4. The van der Waals surface area contributed by atoms with E-state index in [-0.39, 0.29) is 29.1 Å². The second-order valence-corrected chi connectivity index (χ2v) is 11.7. The summed E-state index contributed by atoms with van der Waals surface area (Å²) in [4.78, 5) is 29.0. The van der Waals surface area contributed by atoms with Crippen molar-refractivity contribution in [1.82, 2.24) is 10.2 Å². The van der Waals surface area contributed by atoms with Gasteiger partial charge in [-0.15, -0.1) is 0 Å². The summed E-state index contributed by atoms with van der Waals surface area (Å²) >= 11 is 0. The van der Waals surface area contributed by atoms with Crippen molar-refractivity contribution >= 4 is 27.5 Å². The molecule has 9 heteroatoms. The van der Waals surface area contributed by atoms with E-state index < -0.39 is 40.2 Å². The van der Waals surface area contributed by atoms with E-state index in [9.17, 15) is 22.4 Å². The fourth-order valence-electron chi connectivity index (χ4n) is 4.62. The molecule has 0 aliphatic heterocycles. The maximum atomic E-state index is 14.9. The Bertz CT molecular complexity index is 1600. The molecule has 4 aromatic rings. The zero-order chi connectivity index (χ0) is 30.1. The monoisotopic (exact) mass is 587 g/mol. The molecule has 0 spiro atoms. The fourth-order valence-corrected chi connectivity index (χ4v) is 6.03. The number of likely N-dealkylation sites (N-methyl/N-ethyl adjacent to an activating group) is 1. The first-order valence-electron chi connectivity index (χ1n) is 13.7. The van der Waals surface area contributed by atoms with Crippen molar-refractivity contribution in [1.29, 1.82) is 0 Å². The Hall–Kier alpha value is -4.50. The largest absolute Gasteiger partial charge is 0.355 e. The van der Waals surface area contributed by atoms with Gasteiger partial charge in [0.1, 0.15) is 18.4 Å². The first-order chi connectivity index (χ1) is 20.2. The average Bonchev–Trinajstić information content (AvgIpc) is 2.99. The van der Waals surface area contributed by atoms with Crippen molar-refractivity contribution in [3.63, 3.8) is 0 Å². The quantitative estimate of drug-likeness (QED) is 0.250. The summed E-state index contributed by atoms with van der Waals surface area (Å²) in [6.45, 7) is 3.12. The van der Waals surface area contributed by atoms with E-state index >= 15 is 0 Å². The third-order valence-electron chi connectivity index (χ3n) is 6.85. The van der Waals surface area contributed by atoms with Crippen molar-refractivity contribution in [2.45, 2.75) is 37.8 Å². The highest BCUT2D eigenvalue weighted by Crippen LogP contribution is 2.25. The predicted molar refractivity (Wildman–Crippen MR) is 162 cm³/mol. The standard InChI is InChI=1S/C33H34FN3O4S/c1-3-35-33(39)31(22-26-12-6-4-7-13-26)36(23-27-14-10-11-17-30(27)34)32(38)24-37(28-15-8-5-9-16-28)42(40,41)29-20-18-25(2)19-21-29/h4-21,31H,3,22-24H2,1-2H3,(H,35,39). The Balaban J connectivity index is 1.78. The van der Waals surface area contributed by atoms with Crippen LogP contribution < -0.4 is 9.62 Å². The van der Waals surface area contributed by atoms with Crippen molar-refractivity contribution in [2.75, 3.05) is 17.4 Å². The Labute approximate surface area is 246 Å². The third-order valence-corrected chi connectivity index (χ3v) is 8.64. The van der Waals surface area contributed by atoms with Gasteiger partial charge in [-0.3, -0.25) is 13.9 Å². The Morgan fingerprint density at radius 1 is 0.833 bits per heavy atom. The molecular weight excluding hydrogens is 553 g/mol. The van der Waals surface area contributed by atoms with Crippen LogP contribution in [0.5, 0.6) is 0 Å². The number of hydrogen-bond acceptors (Lipinski definition) is 4. The minimum atomic E-state index is -4.18. The molecule has 0 bridgehead atoms. The van der Waals surface area contributed by atoms with Crippen LogP contribution in [-0.2, 0) is 32.6 Å². The van der Waals surface area contributed by atoms with Gasteiger partial charge < -0.3 is 10.2 Å². The number of nitrogens with zero attached hydrogens (tertiary/aromatic N) is 2. The first kappa shape index (κ1) is 30.5. The van der Waals surface area contributed by atoms with Gasteiger partial charge in [0.2, 0.25) is 11.8 Å². The highest BCUT2D eigenvalue weighted by Gasteiger charge is 2.34. The molecule has 0 saturated heterocycles. The smallest absolute Gasteiger partial charge is 0.264 e. The summed E-state index contributed by atoms with van der Waals surface area (Å²) in [5.41, 5.74) is 2.18. The molecule has 0 heterocycles. The molecule has 0 saturated carbocycles. The highest BCUT2D eigenvalue weighted by molar-refractivity contribution is 7.92. The molecule has 4 aromatic carbocycles. The van der Waals surface area contributed by atoms with Crippen LogP contribution in [0.15, 0.2) is 114 Å². The minimum Gasteiger partial charge on any atom is -0.355 e. The third kappa shape index (κ3) is 7.41. The van der Waals surface area contributed by atoms with Crippen LogP contribution in [0.25, 0.3) is 0 Å². The van der Waals surface area contributed by atoms with Crippen molar-refractivity contribution in [3.05, 3.63) is 132 Å². The number of carbonyl (C=O) groups excluding carboxylic acids is 2. The molecule has 0 fully saturated rings. The van der Waals surface area contributed by atoms with E-state index in [0.29, 0.717) is 6.54 Å². The van der Waals surface area contributed by atoms with Crippen LogP contribution >= 0.6 is 0 Å². The van der Waals surface area contributed by atoms with Gasteiger partial charge >= 0.3 is 0 Å². The fraction of sp³-hybridized carbons (Fsp3) is 0.212. The summed E-state index contributed by atoms with van der Waals surface area (Å²) in [5.74, 6) is -1.60. The molecule has 7 nitrogen and oxygen atoms in total. The second-order valence-electron chi connectivity index (χ2n) is 9.87. The van der Waals surface area contributed by atoms with Crippen molar-refractivity contribution in [2.24, 2.45) is 0 Å². The number of hydrogen-bond donors (Lipinski definition) is 1. The second kappa shape index (κ2) is 13.9. The van der Waals surface area contributed by atoms with E-state index in [2.05, 4.69) is 5.32 Å². The van der Waals surface area contributed by atoms with Crippen molar-refractivity contribution < 1.29 is 22.4 Å². The number of carbonyl (C=O) groups is 2. The normalized spacial score (nSPS) is 11.9. The Kier molecular flexibility index (Phi) is 10.1. The number of nitrogens with one attached hydrogen (secondary N) is 1. The van der Waals surface area contributed by atoms with Crippen LogP contribution in [0.1, 0.15) is 23.6 Å². The van der Waals surface area contributed by atoms with E-state index in [4.69, 9.17) is 0 Å². The SMILES string of the molecule is CCNC(=O)C(Cc1ccccc1)N(Cc1ccccc1F)C(=O)CN(c1ccccc1)S(=O)(=O)c1ccc(C)cc1. The molecule has 0 aromatic heterocycles. The van der Waals surface area contributed by atoms with Crippen LogP contribution in [0, 0.1) is 12.7 Å². The molecule has 1 unspecified atom stereocenters. The number of rotatable bonds is 12. The average molecular weight is 588 g/mol. The topological polar surface area (TPSA) is 86.8 Å². The molecular formula is C33H34FN3O4S. The van der Waals surface area contributed by atoms with Gasteiger partial charge in [-0.05, 0) is 49.7 Å². The molecule has 2 amide bonds. The van der Waals surface area contributed by atoms with Gasteiger partial charge in [-0.1, -0.05) is 84.4 Å². The first-order valence-corrected chi connectivity index (χ1v) is 15.1. The predicted octanol–water partition coefficient (Wildman–Crippen LogP) is 5.11. The van der Waals surface area contributed by atoms with Gasteiger partial charge in [0, 0.05) is 25.1 Å². The van der Waals surface area contributed by atoms with E-state index in [1.807, 2.05) is 37.3 Å². The maximum Gasteiger partial charge on any atom is 0.264 e. The summed E-state index contributed by atoms with van der Waals surface area (Å²) < 4.78 is 43.8. The number of aryl methyl sites for hydroxylation is 1. The number of halogens is 1. The highest BCUT2D eigenvalue weighted by atomic mass is 32.2. The molecule has 42 heavy (non-hydrogen) atoms. The summed E-state index contributed by atoms with van der Waals surface area (Å²) in [6.07, 6.45) is 0.156. The summed E-state index contributed by atoms with van der Waals surface area (Å²) in [7, 11) is -4.18. The lowest BCUT2D eigenvalue weighted by Gasteiger charge is -2.34. The van der Waals surface area contributed by atoms with Crippen LogP contribution in [0.4, 0.5) is 10.1 Å². The maximum absolute atomic E-state index is 14.9.